The Bertz CT molecular complexity index is 563. The first-order valence-electron chi connectivity index (χ1n) is 7.51. The number of carboxylic acids is 1. The molecular weight excluding hydrogens is 268 g/mol. The highest BCUT2D eigenvalue weighted by Crippen LogP contribution is 2.25. The van der Waals surface area contributed by atoms with E-state index in [1.165, 1.54) is 5.56 Å². The van der Waals surface area contributed by atoms with Gasteiger partial charge in [-0.05, 0) is 48.9 Å². The summed E-state index contributed by atoms with van der Waals surface area (Å²) in [6.07, 6.45) is 2.75. The van der Waals surface area contributed by atoms with Crippen molar-refractivity contribution in [2.75, 3.05) is 25.0 Å². The molecule has 0 saturated carbocycles. The van der Waals surface area contributed by atoms with Crippen LogP contribution in [0.5, 0.6) is 0 Å². The van der Waals surface area contributed by atoms with Gasteiger partial charge in [-0.1, -0.05) is 0 Å². The highest BCUT2D eigenvalue weighted by molar-refractivity contribution is 5.95. The molecule has 0 aromatic heterocycles. The number of carbonyl (C=O) groups is 2. The second-order valence-corrected chi connectivity index (χ2v) is 5.88. The van der Waals surface area contributed by atoms with Gasteiger partial charge in [0.2, 0.25) is 0 Å². The molecule has 1 amide bonds. The first-order valence-corrected chi connectivity index (χ1v) is 7.51. The van der Waals surface area contributed by atoms with Crippen molar-refractivity contribution in [2.24, 2.45) is 5.92 Å². The number of anilines is 1. The van der Waals surface area contributed by atoms with Crippen LogP contribution in [-0.4, -0.2) is 41.5 Å². The quantitative estimate of drug-likeness (QED) is 0.892. The van der Waals surface area contributed by atoms with E-state index in [4.69, 9.17) is 5.11 Å². The van der Waals surface area contributed by atoms with E-state index in [2.05, 4.69) is 5.32 Å². The van der Waals surface area contributed by atoms with Crippen molar-refractivity contribution in [1.29, 1.82) is 0 Å². The number of nitrogens with zero attached hydrogens (tertiary/aromatic N) is 1. The van der Waals surface area contributed by atoms with Crippen LogP contribution >= 0.6 is 0 Å². The predicted molar refractivity (Wildman–Crippen MR) is 79.5 cm³/mol. The molecule has 0 radical (unpaired) electrons. The molecule has 3 rings (SSSR count). The van der Waals surface area contributed by atoms with Gasteiger partial charge in [0, 0.05) is 37.3 Å². The lowest BCUT2D eigenvalue weighted by molar-refractivity contribution is -0.138. The number of rotatable bonds is 3. The molecule has 0 spiro atoms. The molecular formula is C16H20N2O3. The molecule has 0 aliphatic carbocycles. The van der Waals surface area contributed by atoms with Gasteiger partial charge in [0.05, 0.1) is 0 Å². The minimum Gasteiger partial charge on any atom is -0.481 e. The average molecular weight is 288 g/mol. The topological polar surface area (TPSA) is 69.6 Å². The molecule has 2 aliphatic heterocycles. The second-order valence-electron chi connectivity index (χ2n) is 5.88. The fourth-order valence-corrected chi connectivity index (χ4v) is 3.21. The monoisotopic (exact) mass is 288 g/mol. The van der Waals surface area contributed by atoms with E-state index in [9.17, 15) is 9.59 Å². The van der Waals surface area contributed by atoms with Gasteiger partial charge in [-0.15, -0.1) is 0 Å². The van der Waals surface area contributed by atoms with Crippen molar-refractivity contribution in [1.82, 2.24) is 4.90 Å². The summed E-state index contributed by atoms with van der Waals surface area (Å²) in [4.78, 5) is 25.1. The molecule has 2 aliphatic rings. The number of hydrogen-bond donors (Lipinski definition) is 2. The fraction of sp³-hybridized carbons (Fsp3) is 0.500. The maximum atomic E-state index is 12.5. The van der Waals surface area contributed by atoms with Gasteiger partial charge in [-0.3, -0.25) is 9.59 Å². The third-order valence-corrected chi connectivity index (χ3v) is 4.43. The predicted octanol–water partition coefficient (Wildman–Crippen LogP) is 1.98. The Hall–Kier alpha value is -2.04. The summed E-state index contributed by atoms with van der Waals surface area (Å²) in [5.41, 5.74) is 3.09. The Kier molecular flexibility index (Phi) is 3.82. The highest BCUT2D eigenvalue weighted by atomic mass is 16.4. The summed E-state index contributed by atoms with van der Waals surface area (Å²) in [5.74, 6) is -0.472. The number of nitrogens with one attached hydrogen (secondary N) is 1. The van der Waals surface area contributed by atoms with E-state index in [1.54, 1.807) is 0 Å². The minimum absolute atomic E-state index is 0.0680. The van der Waals surface area contributed by atoms with Gasteiger partial charge in [0.1, 0.15) is 0 Å². The summed E-state index contributed by atoms with van der Waals surface area (Å²) in [6.45, 7) is 2.26. The number of fused-ring (bicyclic) bond motifs is 1. The Balaban J connectivity index is 1.63. The van der Waals surface area contributed by atoms with E-state index in [0.717, 1.165) is 37.1 Å². The Labute approximate surface area is 123 Å². The molecule has 112 valence electrons. The fourth-order valence-electron chi connectivity index (χ4n) is 3.21. The molecule has 0 atom stereocenters. The molecule has 5 nitrogen and oxygen atoms in total. The van der Waals surface area contributed by atoms with Gasteiger partial charge < -0.3 is 15.3 Å². The number of piperidine rings is 1. The number of benzene rings is 1. The molecule has 1 fully saturated rings. The number of hydrogen-bond acceptors (Lipinski definition) is 3. The number of likely N-dealkylation sites (tertiary alicyclic amines) is 1. The van der Waals surface area contributed by atoms with Crippen molar-refractivity contribution in [3.05, 3.63) is 29.3 Å². The van der Waals surface area contributed by atoms with Crippen LogP contribution in [0.3, 0.4) is 0 Å². The lowest BCUT2D eigenvalue weighted by Gasteiger charge is -2.31. The lowest BCUT2D eigenvalue weighted by atomic mass is 9.93. The molecule has 21 heavy (non-hydrogen) atoms. The standard InChI is InChI=1S/C16H20N2O3/c19-15(20)9-11-4-7-18(8-5-11)16(21)13-1-2-14-12(10-13)3-6-17-14/h1-2,10-11,17H,3-9H2,(H,19,20). The Morgan fingerprint density at radius 3 is 2.76 bits per heavy atom. The summed E-state index contributed by atoms with van der Waals surface area (Å²) >= 11 is 0. The zero-order valence-corrected chi connectivity index (χ0v) is 12.0. The zero-order valence-electron chi connectivity index (χ0n) is 12.0. The van der Waals surface area contributed by atoms with Gasteiger partial charge in [0.25, 0.3) is 5.91 Å². The van der Waals surface area contributed by atoms with Gasteiger partial charge in [0.15, 0.2) is 0 Å². The average Bonchev–Trinajstić information content (AvgIpc) is 2.94. The van der Waals surface area contributed by atoms with E-state index < -0.39 is 5.97 Å². The SMILES string of the molecule is O=C(O)CC1CCN(C(=O)c2ccc3c(c2)CCN3)CC1. The van der Waals surface area contributed by atoms with Crippen LogP contribution in [0, 0.1) is 5.92 Å². The first-order chi connectivity index (χ1) is 10.1. The minimum atomic E-state index is -0.745. The van der Waals surface area contributed by atoms with Crippen LogP contribution in [0.1, 0.15) is 35.2 Å². The van der Waals surface area contributed by atoms with Crippen molar-refractivity contribution in [3.63, 3.8) is 0 Å². The largest absolute Gasteiger partial charge is 0.481 e. The van der Waals surface area contributed by atoms with E-state index >= 15 is 0 Å². The van der Waals surface area contributed by atoms with Gasteiger partial charge in [-0.25, -0.2) is 0 Å². The van der Waals surface area contributed by atoms with Crippen molar-refractivity contribution in [3.8, 4) is 0 Å². The molecule has 1 aromatic rings. The molecule has 0 unspecified atom stereocenters. The summed E-state index contributed by atoms with van der Waals surface area (Å²) < 4.78 is 0. The number of aliphatic carboxylic acids is 1. The molecule has 0 bridgehead atoms. The summed E-state index contributed by atoms with van der Waals surface area (Å²) in [5, 5.41) is 12.1. The normalized spacial score (nSPS) is 18.2. The summed E-state index contributed by atoms with van der Waals surface area (Å²) in [6, 6.07) is 5.84. The third-order valence-electron chi connectivity index (χ3n) is 4.43. The van der Waals surface area contributed by atoms with Crippen LogP contribution in [0.2, 0.25) is 0 Å². The Morgan fingerprint density at radius 2 is 2.05 bits per heavy atom. The molecule has 2 heterocycles. The molecule has 1 aromatic carbocycles. The smallest absolute Gasteiger partial charge is 0.303 e. The van der Waals surface area contributed by atoms with Crippen LogP contribution in [0.25, 0.3) is 0 Å². The highest BCUT2D eigenvalue weighted by Gasteiger charge is 2.25. The van der Waals surface area contributed by atoms with Gasteiger partial charge >= 0.3 is 5.97 Å². The summed E-state index contributed by atoms with van der Waals surface area (Å²) in [7, 11) is 0. The Morgan fingerprint density at radius 1 is 1.29 bits per heavy atom. The molecule has 2 N–H and O–H groups in total. The third kappa shape index (κ3) is 3.01. The van der Waals surface area contributed by atoms with E-state index in [1.807, 2.05) is 23.1 Å². The second kappa shape index (κ2) is 5.76. The van der Waals surface area contributed by atoms with Crippen LogP contribution in [0.4, 0.5) is 5.69 Å². The van der Waals surface area contributed by atoms with E-state index in [-0.39, 0.29) is 18.2 Å². The van der Waals surface area contributed by atoms with Crippen LogP contribution in [0.15, 0.2) is 18.2 Å². The van der Waals surface area contributed by atoms with Crippen molar-refractivity contribution >= 4 is 17.6 Å². The molecule has 5 heteroatoms. The van der Waals surface area contributed by atoms with E-state index in [0.29, 0.717) is 13.1 Å². The molecule has 1 saturated heterocycles. The number of carboxylic acid groups (broad SMARTS) is 1. The van der Waals surface area contributed by atoms with Crippen LogP contribution < -0.4 is 5.32 Å². The number of carbonyl (C=O) groups excluding carboxylic acids is 1. The maximum Gasteiger partial charge on any atom is 0.303 e. The maximum absolute atomic E-state index is 12.5. The first kappa shape index (κ1) is 13.9. The van der Waals surface area contributed by atoms with Crippen LogP contribution in [-0.2, 0) is 11.2 Å². The van der Waals surface area contributed by atoms with Crippen molar-refractivity contribution < 1.29 is 14.7 Å². The van der Waals surface area contributed by atoms with Crippen molar-refractivity contribution in [2.45, 2.75) is 25.7 Å². The van der Waals surface area contributed by atoms with Gasteiger partial charge in [-0.2, -0.15) is 0 Å². The zero-order chi connectivity index (χ0) is 14.8. The number of amides is 1. The lowest BCUT2D eigenvalue weighted by Crippen LogP contribution is -2.38.